The average molecular weight is 525 g/mol. The number of fused-ring (bicyclic) bond motifs is 6. The van der Waals surface area contributed by atoms with Gasteiger partial charge in [-0.05, 0) is 67.9 Å². The summed E-state index contributed by atoms with van der Waals surface area (Å²) in [4.78, 5) is 33.1. The van der Waals surface area contributed by atoms with Gasteiger partial charge in [0.15, 0.2) is 5.84 Å². The van der Waals surface area contributed by atoms with Gasteiger partial charge in [0.05, 0.1) is 11.8 Å². The predicted octanol–water partition coefficient (Wildman–Crippen LogP) is 2.59. The zero-order chi connectivity index (χ0) is 25.3. The van der Waals surface area contributed by atoms with Crippen LogP contribution in [-0.2, 0) is 19.6 Å². The highest BCUT2D eigenvalue weighted by atomic mass is 32.2. The lowest BCUT2D eigenvalue weighted by molar-refractivity contribution is -0.142. The molecule has 3 saturated carbocycles. The van der Waals surface area contributed by atoms with E-state index in [0.29, 0.717) is 46.5 Å². The molecule has 7 rings (SSSR count). The lowest BCUT2D eigenvalue weighted by Gasteiger charge is -2.41. The van der Waals surface area contributed by atoms with Crippen molar-refractivity contribution in [3.8, 4) is 0 Å². The summed E-state index contributed by atoms with van der Waals surface area (Å²) in [5, 5.41) is 0. The second kappa shape index (κ2) is 8.90. The number of likely N-dealkylation sites (tertiary alicyclic amines) is 1. The van der Waals surface area contributed by atoms with E-state index in [1.165, 1.54) is 12.8 Å². The van der Waals surface area contributed by atoms with E-state index in [1.807, 2.05) is 12.1 Å². The van der Waals surface area contributed by atoms with Crippen molar-refractivity contribution in [2.45, 2.75) is 49.8 Å². The van der Waals surface area contributed by atoms with E-state index in [0.717, 1.165) is 64.8 Å². The zero-order valence-electron chi connectivity index (χ0n) is 21.3. The fourth-order valence-corrected chi connectivity index (χ4v) is 9.67. The van der Waals surface area contributed by atoms with Gasteiger partial charge in [0.1, 0.15) is 4.90 Å². The van der Waals surface area contributed by atoms with E-state index in [9.17, 15) is 18.0 Å². The minimum Gasteiger partial charge on any atom is -0.353 e. The van der Waals surface area contributed by atoms with Crippen molar-refractivity contribution in [3.05, 3.63) is 29.8 Å². The quantitative estimate of drug-likeness (QED) is 0.563. The van der Waals surface area contributed by atoms with Crippen LogP contribution in [0.1, 0.15) is 50.5 Å². The first kappa shape index (κ1) is 23.8. The van der Waals surface area contributed by atoms with Crippen molar-refractivity contribution >= 4 is 27.7 Å². The molecule has 2 saturated heterocycles. The number of carbonyl (C=O) groups is 2. The molecule has 5 fully saturated rings. The lowest BCUT2D eigenvalue weighted by atomic mass is 9.78. The summed E-state index contributed by atoms with van der Waals surface area (Å²) >= 11 is 0. The minimum atomic E-state index is -3.60. The molecule has 0 aromatic heterocycles. The maximum absolute atomic E-state index is 13.3. The Morgan fingerprint density at radius 1 is 0.811 bits per heavy atom. The number of amides is 2. The van der Waals surface area contributed by atoms with Crippen LogP contribution in [-0.4, -0.2) is 80.0 Å². The molecule has 0 N–H and O–H groups in total. The molecule has 2 amide bonds. The second-order valence-corrected chi connectivity index (χ2v) is 13.7. The second-order valence-electron chi connectivity index (χ2n) is 12.2. The van der Waals surface area contributed by atoms with E-state index < -0.39 is 10.0 Å². The molecule has 3 aliphatic heterocycles. The lowest BCUT2D eigenvalue weighted by Crippen LogP contribution is -2.51. The third kappa shape index (κ3) is 3.87. The summed E-state index contributed by atoms with van der Waals surface area (Å²) in [6.07, 6.45) is 7.97. The van der Waals surface area contributed by atoms with Crippen LogP contribution < -0.4 is 0 Å². The molecule has 0 radical (unpaired) electrons. The van der Waals surface area contributed by atoms with Crippen molar-refractivity contribution in [3.63, 3.8) is 0 Å². The molecule has 6 atom stereocenters. The molecule has 8 nitrogen and oxygen atoms in total. The van der Waals surface area contributed by atoms with Gasteiger partial charge in [-0.3, -0.25) is 19.4 Å². The molecule has 1 aromatic carbocycles. The van der Waals surface area contributed by atoms with Crippen LogP contribution in [0.5, 0.6) is 0 Å². The van der Waals surface area contributed by atoms with Gasteiger partial charge in [-0.15, -0.1) is 4.40 Å². The van der Waals surface area contributed by atoms with E-state index in [1.54, 1.807) is 17.0 Å². The van der Waals surface area contributed by atoms with E-state index in [-0.39, 0.29) is 23.7 Å². The summed E-state index contributed by atoms with van der Waals surface area (Å²) < 4.78 is 29.1. The molecule has 9 heteroatoms. The predicted molar refractivity (Wildman–Crippen MR) is 138 cm³/mol. The van der Waals surface area contributed by atoms with Crippen LogP contribution in [0, 0.1) is 35.5 Å². The van der Waals surface area contributed by atoms with Crippen molar-refractivity contribution < 1.29 is 18.0 Å². The Kier molecular flexibility index (Phi) is 5.73. The molecule has 6 aliphatic rings. The van der Waals surface area contributed by atoms with Crippen molar-refractivity contribution in [1.82, 2.24) is 14.7 Å². The van der Waals surface area contributed by atoms with Crippen LogP contribution in [0.15, 0.2) is 33.6 Å². The Hall–Kier alpha value is -2.26. The Morgan fingerprint density at radius 2 is 1.43 bits per heavy atom. The van der Waals surface area contributed by atoms with Crippen molar-refractivity contribution in [2.24, 2.45) is 39.9 Å². The molecule has 3 aliphatic carbocycles. The number of amidine groups is 1. The average Bonchev–Trinajstić information content (AvgIpc) is 3.65. The van der Waals surface area contributed by atoms with E-state index >= 15 is 0 Å². The summed E-state index contributed by atoms with van der Waals surface area (Å²) in [5.74, 6) is 2.57. The molecule has 3 heterocycles. The molecule has 198 valence electrons. The van der Waals surface area contributed by atoms with Gasteiger partial charge in [0, 0.05) is 44.8 Å². The highest BCUT2D eigenvalue weighted by Crippen LogP contribution is 2.56. The maximum atomic E-state index is 13.3. The number of carbonyl (C=O) groups excluding carboxylic acids is 2. The van der Waals surface area contributed by atoms with Gasteiger partial charge >= 0.3 is 0 Å². The van der Waals surface area contributed by atoms with Crippen molar-refractivity contribution in [2.75, 3.05) is 39.3 Å². The van der Waals surface area contributed by atoms with Gasteiger partial charge in [-0.1, -0.05) is 25.0 Å². The number of piperazine rings is 1. The topological polar surface area (TPSA) is 90.4 Å². The largest absolute Gasteiger partial charge is 0.353 e. The number of sulfonamides is 1. The zero-order valence-corrected chi connectivity index (χ0v) is 22.1. The Balaban J connectivity index is 0.989. The normalized spacial score (nSPS) is 36.7. The summed E-state index contributed by atoms with van der Waals surface area (Å²) in [6, 6.07) is 7.09. The van der Waals surface area contributed by atoms with Gasteiger partial charge in [0.2, 0.25) is 11.8 Å². The Labute approximate surface area is 219 Å². The molecule has 6 unspecified atom stereocenters. The standard InChI is InChI=1S/C28H36N4O4S/c33-27-24-18-9-10-19(15-18)25(24)28(34)32(27)17-21-6-2-1-5-20(21)16-30-11-13-31(14-12-30)26-22-7-3-4-8-23(22)37(35,36)29-26/h3-4,7-8,18-21,24-25H,1-2,5-6,9-17H2. The van der Waals surface area contributed by atoms with Crippen LogP contribution in [0.3, 0.4) is 0 Å². The molecule has 0 spiro atoms. The molecular weight excluding hydrogens is 488 g/mol. The fraction of sp³-hybridized carbons (Fsp3) is 0.679. The van der Waals surface area contributed by atoms with Gasteiger partial charge in [0.25, 0.3) is 10.0 Å². The third-order valence-corrected chi connectivity index (χ3v) is 11.6. The van der Waals surface area contributed by atoms with Crippen molar-refractivity contribution in [1.29, 1.82) is 0 Å². The highest BCUT2D eigenvalue weighted by Gasteiger charge is 2.61. The van der Waals surface area contributed by atoms with E-state index in [4.69, 9.17) is 0 Å². The van der Waals surface area contributed by atoms with Crippen LogP contribution >= 0.6 is 0 Å². The first-order chi connectivity index (χ1) is 17.9. The maximum Gasteiger partial charge on any atom is 0.285 e. The van der Waals surface area contributed by atoms with Crippen LogP contribution in [0.2, 0.25) is 0 Å². The Morgan fingerprint density at radius 3 is 2.11 bits per heavy atom. The van der Waals surface area contributed by atoms with Crippen LogP contribution in [0.4, 0.5) is 0 Å². The molecule has 2 bridgehead atoms. The fourth-order valence-electron chi connectivity index (χ4n) is 8.44. The summed E-state index contributed by atoms with van der Waals surface area (Å²) in [6.45, 7) is 4.80. The van der Waals surface area contributed by atoms with Crippen LogP contribution in [0.25, 0.3) is 0 Å². The number of imide groups is 1. The monoisotopic (exact) mass is 524 g/mol. The molecular formula is C28H36N4O4S. The van der Waals surface area contributed by atoms with E-state index in [2.05, 4.69) is 14.2 Å². The number of hydrogen-bond acceptors (Lipinski definition) is 6. The number of benzene rings is 1. The first-order valence-corrected chi connectivity index (χ1v) is 15.6. The Bertz CT molecular complexity index is 1230. The SMILES string of the molecule is O=C1C2C3CCC(C3)C2C(=O)N1CC1CCCCC1CN1CCN(C2=NS(=O)(=O)c3ccccc32)CC1. The minimum absolute atomic E-state index is 0.0196. The smallest absolute Gasteiger partial charge is 0.285 e. The first-order valence-electron chi connectivity index (χ1n) is 14.2. The highest BCUT2D eigenvalue weighted by molar-refractivity contribution is 7.90. The third-order valence-electron chi connectivity index (χ3n) is 10.3. The van der Waals surface area contributed by atoms with Gasteiger partial charge in [-0.25, -0.2) is 0 Å². The molecule has 1 aromatic rings. The number of rotatable bonds is 4. The summed E-state index contributed by atoms with van der Waals surface area (Å²) in [7, 11) is -3.60. The number of nitrogens with zero attached hydrogens (tertiary/aromatic N) is 4. The summed E-state index contributed by atoms with van der Waals surface area (Å²) in [5.41, 5.74) is 0.710. The molecule has 37 heavy (non-hydrogen) atoms. The van der Waals surface area contributed by atoms with Gasteiger partial charge in [-0.2, -0.15) is 8.42 Å². The van der Waals surface area contributed by atoms with Gasteiger partial charge < -0.3 is 4.90 Å². The number of hydrogen-bond donors (Lipinski definition) is 0.